The highest BCUT2D eigenvalue weighted by molar-refractivity contribution is 5.95. The number of carbonyl (C=O) groups is 9. The fourth-order valence-electron chi connectivity index (χ4n) is 13.5. The second kappa shape index (κ2) is 61.2. The van der Waals surface area contributed by atoms with Gasteiger partial charge in [0.2, 0.25) is 47.3 Å². The van der Waals surface area contributed by atoms with Crippen molar-refractivity contribution in [2.75, 3.05) is 139 Å². The van der Waals surface area contributed by atoms with Crippen LogP contribution >= 0.6 is 0 Å². The number of Topliss-reactive ketones (excluding diaryl/α,β-unsaturated/α-hetero) is 1. The Bertz CT molecular complexity index is 3210. The normalized spacial score (nSPS) is 32.9. The zero-order valence-electron chi connectivity index (χ0n) is 72.5. The average Bonchev–Trinajstić information content (AvgIpc) is 0.778. The molecule has 6 rings (SSSR count). The Kier molecular flexibility index (Phi) is 54.8. The molecular weight excluding hydrogens is 1720 g/mol. The lowest BCUT2D eigenvalue weighted by Gasteiger charge is -2.46. The van der Waals surface area contributed by atoms with Crippen LogP contribution in [0.3, 0.4) is 0 Å². The Hall–Kier alpha value is -5.77. The minimum Gasteiger partial charge on any atom is -0.394 e. The van der Waals surface area contributed by atoms with Crippen molar-refractivity contribution in [3.8, 4) is 0 Å². The van der Waals surface area contributed by atoms with Crippen molar-refractivity contribution in [3.05, 3.63) is 0 Å². The number of ketones is 1. The Morgan fingerprint density at radius 3 is 1.09 bits per heavy atom. The number of ether oxygens (including phenoxy) is 12. The van der Waals surface area contributed by atoms with Crippen LogP contribution in [0.2, 0.25) is 0 Å². The number of likely N-dealkylation sites (N-methyl/N-ethyl adjacent to an activating group) is 2. The fourth-order valence-corrected chi connectivity index (χ4v) is 13.5. The maximum Gasteiger partial charge on any atom is 0.242 e. The van der Waals surface area contributed by atoms with Crippen LogP contribution in [0.1, 0.15) is 111 Å². The summed E-state index contributed by atoms with van der Waals surface area (Å²) in [6, 6.07) is 0. The molecule has 0 saturated carbocycles. The first kappa shape index (κ1) is 115. The lowest BCUT2D eigenvalue weighted by molar-refractivity contribution is -0.366. The molecule has 744 valence electrons. The van der Waals surface area contributed by atoms with E-state index in [1.165, 1.54) is 18.9 Å². The first-order chi connectivity index (χ1) is 60.8. The van der Waals surface area contributed by atoms with Gasteiger partial charge >= 0.3 is 0 Å². The van der Waals surface area contributed by atoms with Gasteiger partial charge in [-0.1, -0.05) is 6.42 Å². The maximum absolute atomic E-state index is 13.2. The number of nitrogens with zero attached hydrogens (tertiary/aromatic N) is 2. The van der Waals surface area contributed by atoms with E-state index < -0.39 is 261 Å². The average molecular weight is 1860 g/mol. The number of nitrogens with one attached hydrogen (secondary N) is 7. The van der Waals surface area contributed by atoms with Gasteiger partial charge in [-0.15, -0.1) is 0 Å². The van der Waals surface area contributed by atoms with Gasteiger partial charge in [-0.3, -0.25) is 53.0 Å². The third-order valence-corrected chi connectivity index (χ3v) is 21.0. The Balaban J connectivity index is 0.000000498. The van der Waals surface area contributed by atoms with Crippen LogP contribution in [0.4, 0.5) is 0 Å². The molecule has 0 aromatic rings. The lowest BCUT2D eigenvalue weighted by atomic mass is 9.96. The molecule has 0 spiro atoms. The van der Waals surface area contributed by atoms with Crippen molar-refractivity contribution in [1.29, 1.82) is 0 Å². The minimum atomic E-state index is -1.97. The monoisotopic (exact) mass is 1860 g/mol. The third kappa shape index (κ3) is 38.3. The molecule has 0 unspecified atom stereocenters. The molecule has 0 aliphatic carbocycles. The number of carbonyl (C=O) groups excluding carboxylic acids is 9. The van der Waals surface area contributed by atoms with Crippen molar-refractivity contribution >= 4 is 53.0 Å². The van der Waals surface area contributed by atoms with E-state index in [1.54, 1.807) is 7.05 Å². The molecule has 0 radical (unpaired) electrons. The maximum atomic E-state index is 13.2. The molecule has 0 aromatic heterocycles. The smallest absolute Gasteiger partial charge is 0.242 e. The van der Waals surface area contributed by atoms with Crippen molar-refractivity contribution in [3.63, 3.8) is 0 Å². The van der Waals surface area contributed by atoms with E-state index in [1.807, 2.05) is 13.8 Å². The van der Waals surface area contributed by atoms with Crippen molar-refractivity contribution < 1.29 is 207 Å². The van der Waals surface area contributed by atoms with Gasteiger partial charge < -0.3 is 201 Å². The summed E-state index contributed by atoms with van der Waals surface area (Å²) in [5.74, 6) is -2.76. The highest BCUT2D eigenvalue weighted by Gasteiger charge is 2.53. The van der Waals surface area contributed by atoms with Gasteiger partial charge in [0.15, 0.2) is 37.7 Å². The number of aliphatic hydroxyl groups is 21. The summed E-state index contributed by atoms with van der Waals surface area (Å²) in [4.78, 5) is 112. The molecule has 0 aromatic carbocycles. The van der Waals surface area contributed by atoms with Crippen molar-refractivity contribution in [1.82, 2.24) is 47.0 Å². The number of unbranched alkanes of at least 4 members (excludes halogenated alkanes) is 4. The summed E-state index contributed by atoms with van der Waals surface area (Å²) in [7, 11) is 3.05. The van der Waals surface area contributed by atoms with Gasteiger partial charge in [-0.2, -0.15) is 0 Å². The predicted molar refractivity (Wildman–Crippen MR) is 430 cm³/mol. The summed E-state index contributed by atoms with van der Waals surface area (Å²) in [5, 5.41) is 229. The first-order valence-electron chi connectivity index (χ1n) is 42.8. The van der Waals surface area contributed by atoms with Crippen LogP contribution < -0.4 is 37.2 Å². The van der Waals surface area contributed by atoms with Gasteiger partial charge in [-0.05, 0) is 72.8 Å². The molecule has 51 nitrogen and oxygen atoms in total. The van der Waals surface area contributed by atoms with Crippen LogP contribution in [0.25, 0.3) is 0 Å². The van der Waals surface area contributed by atoms with E-state index in [9.17, 15) is 140 Å². The minimum absolute atomic E-state index is 0.000495. The van der Waals surface area contributed by atoms with E-state index in [4.69, 9.17) is 67.1 Å². The second-order valence-electron chi connectivity index (χ2n) is 31.1. The standard InChI is InChI=1S/C42H75N5O25.C19H34N2O9.C16H30N2O8/c1-3-43-23(50)7-5-4-6-8-44-24(51)13-47(14-25(52)45-9-11-65-39-34(61)31(58)27(54)19(2)68-39)15-26(53)46-10-12-66-41-37(64)38(72-42-36(63)33(60)29(56)21(17-49)70-42)30(57)22(71-41)18-67-40-35(62)32(59)28(55)20(16-48)69-40;1-20-10-15(25)21(2)14(24)8-4-3-6-12(23)7-5-9-29-19-18(28)17(27)16(26)13(11-22)30-19;1-2-17-11(20)5-3-4-6-12(21)18-7-8-25-16-15(24)14(23)13(22)10(9-19)26-16/h19-22,27-42,48-49,54-64H,3-18H2,1-2H3,(H,43,50)(H,44,51)(H,45,52)(H,46,53);13,16-20,22,26-28H,3-11H2,1-2H3;10,13-16,19,22-24H,2-9H2,1H3,(H,17,20)(H,18,21)/t19-,20+,21+,22+,27+,28+,29+,30+,31+,32-,33-,34-,35-,36-,37-,38-,39+,40-,41+,42+;13-,16-,17+,18+,19-;10-,13-,14+,15+,16-/m011/s1. The number of amides is 8. The van der Waals surface area contributed by atoms with E-state index in [0.29, 0.717) is 90.1 Å². The zero-order chi connectivity index (χ0) is 95.4. The van der Waals surface area contributed by atoms with Gasteiger partial charge in [0.05, 0.1) is 91.7 Å². The zero-order valence-corrected chi connectivity index (χ0v) is 72.5. The molecule has 6 aliphatic rings. The Morgan fingerprint density at radius 2 is 0.656 bits per heavy atom. The number of aliphatic hydroxyl groups excluding tert-OH is 21. The van der Waals surface area contributed by atoms with Crippen LogP contribution in [-0.2, 0) is 100.0 Å². The van der Waals surface area contributed by atoms with E-state index in [0.717, 1.165) is 4.90 Å². The van der Waals surface area contributed by atoms with E-state index >= 15 is 0 Å². The highest BCUT2D eigenvalue weighted by atomic mass is 16.8. The molecule has 28 N–H and O–H groups in total. The first-order valence-corrected chi connectivity index (χ1v) is 42.8. The lowest BCUT2D eigenvalue weighted by Crippen LogP contribution is -2.65. The summed E-state index contributed by atoms with van der Waals surface area (Å²) in [6.07, 6.45) is -40.1. The Morgan fingerprint density at radius 1 is 0.320 bits per heavy atom. The fraction of sp³-hybridized carbons (Fsp3) is 0.883. The topological polar surface area (TPSA) is 780 Å². The molecule has 6 heterocycles. The number of imide groups is 1. The molecule has 0 bridgehead atoms. The molecular formula is C77H139N9O42. The molecule has 128 heavy (non-hydrogen) atoms. The third-order valence-electron chi connectivity index (χ3n) is 21.0. The second-order valence-corrected chi connectivity index (χ2v) is 31.1. The number of hydrogen-bond acceptors (Lipinski definition) is 44. The Labute approximate surface area is 738 Å². The molecule has 8 amide bonds. The van der Waals surface area contributed by atoms with Crippen molar-refractivity contribution in [2.45, 2.75) is 295 Å². The van der Waals surface area contributed by atoms with Gasteiger partial charge in [-0.25, -0.2) is 0 Å². The summed E-state index contributed by atoms with van der Waals surface area (Å²) in [5.41, 5.74) is 0. The largest absolute Gasteiger partial charge is 0.394 e. The van der Waals surface area contributed by atoms with E-state index in [2.05, 4.69) is 37.2 Å². The van der Waals surface area contributed by atoms with E-state index in [-0.39, 0.29) is 101 Å². The SMILES string of the molecule is CCNC(=O)CCCCC(=O)NCCO[C@@H]1O[C@H](CO)[C@@H](O)[C@H](O)[C@@H]1O.CCNC(=O)CCCCCNC(=O)CN(CC(=O)NCCO[C@@H]1O[C@@H](C)[C@@H](O)[C@@H](O)[C@@H]1O)CC(=O)NCCO[C@@H]1O[C@H](CO[C@H]2O[C@H](CO)[C@@H](O)[C@H](O)[C@@H]2O)[C@@H](O)[C@H](O[C@H]2O[C@H](CO)[C@@H](O)[C@H](O)[C@@H]2O)[C@@H]1O.CNCC(=O)N(C)C(=O)CCCCC(=O)CCCO[C@@H]1O[C@H](CO)[C@@H](O)[C@H](O)[C@@H]1O. The summed E-state index contributed by atoms with van der Waals surface area (Å²) in [6.45, 7) is 1.00. The number of hydrogen-bond donors (Lipinski definition) is 28. The molecule has 30 atom stereocenters. The summed E-state index contributed by atoms with van der Waals surface area (Å²) < 4.78 is 65.2. The highest BCUT2D eigenvalue weighted by Crippen LogP contribution is 2.32. The van der Waals surface area contributed by atoms with Crippen LogP contribution in [0, 0.1) is 0 Å². The number of rotatable bonds is 52. The summed E-state index contributed by atoms with van der Waals surface area (Å²) >= 11 is 0. The van der Waals surface area contributed by atoms with Gasteiger partial charge in [0.1, 0.15) is 146 Å². The quantitative estimate of drug-likeness (QED) is 0.0252. The van der Waals surface area contributed by atoms with Gasteiger partial charge in [0.25, 0.3) is 0 Å². The molecule has 51 heteroatoms. The van der Waals surface area contributed by atoms with Crippen molar-refractivity contribution in [2.24, 2.45) is 0 Å². The van der Waals surface area contributed by atoms with Crippen LogP contribution in [-0.4, -0.2) is 493 Å². The van der Waals surface area contributed by atoms with Crippen LogP contribution in [0.15, 0.2) is 0 Å². The predicted octanol–water partition coefficient (Wildman–Crippen LogP) is -14.8. The van der Waals surface area contributed by atoms with Crippen LogP contribution in [0.5, 0.6) is 0 Å². The molecule has 6 saturated heterocycles. The van der Waals surface area contributed by atoms with Gasteiger partial charge in [0, 0.05) is 84.8 Å². The molecule has 6 aliphatic heterocycles. The molecule has 6 fully saturated rings.